The van der Waals surface area contributed by atoms with Gasteiger partial charge in [0.1, 0.15) is 6.61 Å². The Hall–Kier alpha value is -2.31. The Morgan fingerprint density at radius 2 is 1.63 bits per heavy atom. The summed E-state index contributed by atoms with van der Waals surface area (Å²) in [4.78, 5) is 12.5. The van der Waals surface area contributed by atoms with Crippen molar-refractivity contribution in [3.05, 3.63) is 72.3 Å². The van der Waals surface area contributed by atoms with Crippen molar-refractivity contribution < 1.29 is 17.9 Å². The Bertz CT molecular complexity index is 959. The minimum Gasteiger partial charge on any atom is -0.462 e. The molecule has 0 spiro atoms. The monoisotopic (exact) mass is 444 g/mol. The van der Waals surface area contributed by atoms with Crippen molar-refractivity contribution in [2.45, 2.75) is 30.1 Å². The van der Waals surface area contributed by atoms with Crippen LogP contribution in [0.2, 0.25) is 0 Å². The van der Waals surface area contributed by atoms with E-state index in [4.69, 9.17) is 4.74 Å². The van der Waals surface area contributed by atoms with Gasteiger partial charge >= 0.3 is 5.97 Å². The zero-order valence-electron chi connectivity index (χ0n) is 17.4. The molecular weight excluding hydrogens is 416 g/mol. The summed E-state index contributed by atoms with van der Waals surface area (Å²) in [5, 5.41) is 0. The number of benzene rings is 2. The van der Waals surface area contributed by atoms with Crippen LogP contribution >= 0.6 is 11.8 Å². The molecule has 6 heteroatoms. The average molecular weight is 445 g/mol. The first-order valence-corrected chi connectivity index (χ1v) is 12.5. The molecule has 160 valence electrons. The van der Waals surface area contributed by atoms with Crippen molar-refractivity contribution in [3.8, 4) is 0 Å². The predicted octanol–water partition coefficient (Wildman–Crippen LogP) is 5.50. The minimum absolute atomic E-state index is 0.151. The van der Waals surface area contributed by atoms with E-state index in [2.05, 4.69) is 6.58 Å². The van der Waals surface area contributed by atoms with Gasteiger partial charge in [-0.05, 0) is 41.3 Å². The molecule has 0 amide bonds. The van der Waals surface area contributed by atoms with Gasteiger partial charge in [0.25, 0.3) is 0 Å². The van der Waals surface area contributed by atoms with E-state index < -0.39 is 15.8 Å². The first kappa shape index (κ1) is 24.0. The predicted molar refractivity (Wildman–Crippen MR) is 125 cm³/mol. The van der Waals surface area contributed by atoms with Crippen LogP contribution in [-0.2, 0) is 19.4 Å². The van der Waals surface area contributed by atoms with Crippen LogP contribution in [0.4, 0.5) is 0 Å². The molecule has 0 radical (unpaired) electrons. The van der Waals surface area contributed by atoms with E-state index >= 15 is 0 Å². The van der Waals surface area contributed by atoms with Gasteiger partial charge in [-0.25, -0.2) is 13.2 Å². The molecule has 30 heavy (non-hydrogen) atoms. The average Bonchev–Trinajstić information content (AvgIpc) is 2.75. The lowest BCUT2D eigenvalue weighted by Crippen LogP contribution is -2.13. The van der Waals surface area contributed by atoms with Crippen molar-refractivity contribution in [2.75, 3.05) is 18.1 Å². The summed E-state index contributed by atoms with van der Waals surface area (Å²) in [5.41, 5.74) is 1.99. The van der Waals surface area contributed by atoms with Gasteiger partial charge in [-0.2, -0.15) is 0 Å². The Labute approximate surface area is 184 Å². The molecule has 0 fully saturated rings. The zero-order chi connectivity index (χ0) is 22.0. The maximum Gasteiger partial charge on any atom is 0.330 e. The van der Waals surface area contributed by atoms with E-state index in [1.165, 1.54) is 0 Å². The Kier molecular flexibility index (Phi) is 9.40. The molecule has 0 aromatic heterocycles. The van der Waals surface area contributed by atoms with Gasteiger partial charge in [-0.1, -0.05) is 63.3 Å². The molecular formula is C24H28O4S2. The molecule has 0 heterocycles. The summed E-state index contributed by atoms with van der Waals surface area (Å²) in [6.45, 7) is 7.66. The van der Waals surface area contributed by atoms with E-state index in [0.717, 1.165) is 28.5 Å². The lowest BCUT2D eigenvalue weighted by molar-refractivity contribution is -0.137. The van der Waals surface area contributed by atoms with Crippen molar-refractivity contribution in [1.82, 2.24) is 0 Å². The van der Waals surface area contributed by atoms with Crippen LogP contribution in [0.1, 0.15) is 31.4 Å². The van der Waals surface area contributed by atoms with E-state index in [9.17, 15) is 13.2 Å². The number of hydrogen-bond acceptors (Lipinski definition) is 5. The fourth-order valence-electron chi connectivity index (χ4n) is 2.60. The summed E-state index contributed by atoms with van der Waals surface area (Å²) in [5.74, 6) is 0.607. The highest BCUT2D eigenvalue weighted by Crippen LogP contribution is 2.20. The quantitative estimate of drug-likeness (QED) is 0.151. The lowest BCUT2D eigenvalue weighted by Gasteiger charge is -2.09. The van der Waals surface area contributed by atoms with E-state index in [1.807, 2.05) is 62.4 Å². The fraction of sp³-hybridized carbons (Fsp3) is 0.292. The number of ether oxygens (including phenoxy) is 1. The topological polar surface area (TPSA) is 60.4 Å². The van der Waals surface area contributed by atoms with Gasteiger partial charge in [0.15, 0.2) is 9.84 Å². The lowest BCUT2D eigenvalue weighted by atomic mass is 10.1. The Morgan fingerprint density at radius 1 is 1.07 bits per heavy atom. The van der Waals surface area contributed by atoms with Gasteiger partial charge in [-0.15, -0.1) is 11.8 Å². The molecule has 0 N–H and O–H groups in total. The van der Waals surface area contributed by atoms with Gasteiger partial charge in [0.05, 0.1) is 10.6 Å². The molecule has 0 bridgehead atoms. The highest BCUT2D eigenvalue weighted by Gasteiger charge is 2.17. The SMILES string of the molecule is C=CC(=O)OCCSc1ccc(C=Cc2ccc(S(=O)(=O)C[C@H](C)CC)cc2)cc1. The van der Waals surface area contributed by atoms with Crippen LogP contribution in [0.5, 0.6) is 0 Å². The maximum atomic E-state index is 12.4. The van der Waals surface area contributed by atoms with Crippen LogP contribution in [-0.4, -0.2) is 32.5 Å². The molecule has 0 aliphatic heterocycles. The van der Waals surface area contributed by atoms with Crippen LogP contribution in [0.15, 0.2) is 71.0 Å². The van der Waals surface area contributed by atoms with Crippen LogP contribution in [0, 0.1) is 5.92 Å². The summed E-state index contributed by atoms with van der Waals surface area (Å²) < 4.78 is 29.8. The van der Waals surface area contributed by atoms with Gasteiger partial charge in [-0.3, -0.25) is 0 Å². The van der Waals surface area contributed by atoms with Crippen molar-refractivity contribution in [1.29, 1.82) is 0 Å². The minimum atomic E-state index is -3.24. The highest BCUT2D eigenvalue weighted by molar-refractivity contribution is 7.99. The molecule has 0 saturated heterocycles. The number of carbonyl (C=O) groups excluding carboxylic acids is 1. The molecule has 4 nitrogen and oxygen atoms in total. The number of rotatable bonds is 11. The summed E-state index contributed by atoms with van der Waals surface area (Å²) in [6.07, 6.45) is 5.95. The first-order valence-electron chi connectivity index (χ1n) is 9.87. The zero-order valence-corrected chi connectivity index (χ0v) is 19.0. The van der Waals surface area contributed by atoms with Gasteiger partial charge in [0, 0.05) is 16.7 Å². The van der Waals surface area contributed by atoms with E-state index in [0.29, 0.717) is 17.3 Å². The molecule has 1 atom stereocenters. The number of sulfone groups is 1. The molecule has 0 unspecified atom stereocenters. The van der Waals surface area contributed by atoms with Gasteiger partial charge < -0.3 is 4.74 Å². The van der Waals surface area contributed by atoms with Crippen molar-refractivity contribution >= 4 is 39.7 Å². The Morgan fingerprint density at radius 3 is 2.17 bits per heavy atom. The second-order valence-corrected chi connectivity index (χ2v) is 10.2. The molecule has 0 saturated carbocycles. The third-order valence-corrected chi connectivity index (χ3v) is 7.53. The number of esters is 1. The first-order chi connectivity index (χ1) is 14.3. The molecule has 0 aliphatic carbocycles. The molecule has 2 aromatic carbocycles. The fourth-order valence-corrected chi connectivity index (χ4v) is 5.06. The number of hydrogen-bond donors (Lipinski definition) is 0. The van der Waals surface area contributed by atoms with E-state index in [1.54, 1.807) is 23.9 Å². The number of carbonyl (C=O) groups is 1. The second-order valence-electron chi connectivity index (χ2n) is 6.99. The Balaban J connectivity index is 1.91. The second kappa shape index (κ2) is 11.8. The van der Waals surface area contributed by atoms with Crippen LogP contribution in [0.25, 0.3) is 12.2 Å². The van der Waals surface area contributed by atoms with Crippen LogP contribution in [0.3, 0.4) is 0 Å². The normalized spacial score (nSPS) is 12.6. The van der Waals surface area contributed by atoms with Crippen molar-refractivity contribution in [3.63, 3.8) is 0 Å². The molecule has 2 rings (SSSR count). The van der Waals surface area contributed by atoms with Crippen molar-refractivity contribution in [2.24, 2.45) is 5.92 Å². The third kappa shape index (κ3) is 7.84. The smallest absolute Gasteiger partial charge is 0.330 e. The summed E-state index contributed by atoms with van der Waals surface area (Å²) in [7, 11) is -3.24. The number of thioether (sulfide) groups is 1. The van der Waals surface area contributed by atoms with E-state index in [-0.39, 0.29) is 11.7 Å². The molecule has 0 aliphatic rings. The highest BCUT2D eigenvalue weighted by atomic mass is 32.2. The summed E-state index contributed by atoms with van der Waals surface area (Å²) in [6, 6.07) is 15.1. The third-order valence-electron chi connectivity index (χ3n) is 4.55. The van der Waals surface area contributed by atoms with Crippen LogP contribution < -0.4 is 0 Å². The summed E-state index contributed by atoms with van der Waals surface area (Å²) >= 11 is 1.61. The maximum absolute atomic E-state index is 12.4. The molecule has 2 aromatic rings. The largest absolute Gasteiger partial charge is 0.462 e. The van der Waals surface area contributed by atoms with Gasteiger partial charge in [0.2, 0.25) is 0 Å². The standard InChI is InChI=1S/C24H28O4S2/c1-4-19(3)18-30(26,27)23-14-10-21(11-15-23)7-6-20-8-12-22(13-9-20)29-17-16-28-24(25)5-2/h5-15,19H,2,4,16-18H2,1,3H3/t19-/m1/s1.